The molecule has 1 saturated carbocycles. The summed E-state index contributed by atoms with van der Waals surface area (Å²) in [5.41, 5.74) is 19.1. The van der Waals surface area contributed by atoms with E-state index < -0.39 is 5.41 Å². The third-order valence-corrected chi connectivity index (χ3v) is 13.3. The molecule has 9 aromatic rings. The SMILES string of the molecule is C=C/C=C(\C=C)c1cccc(-n2c3ccccc3c3cc4c(cc32)C2(/C(=C/C=C)C(=C)C(=C)/C2=C\C=C)c2cc3c(cc2-4)c2ccccc2n3-c2ccc(-c3ccccc3)cc2)c1. The summed E-state index contributed by atoms with van der Waals surface area (Å²) in [7, 11) is 0. The van der Waals surface area contributed by atoms with Crippen LogP contribution in [0.15, 0.2) is 256 Å². The van der Waals surface area contributed by atoms with Crippen LogP contribution < -0.4 is 0 Å². The van der Waals surface area contributed by atoms with Crippen LogP contribution in [-0.2, 0) is 5.41 Å². The molecule has 2 nitrogen and oxygen atoms in total. The number of fused-ring (bicyclic) bond motifs is 11. The van der Waals surface area contributed by atoms with Crippen molar-refractivity contribution in [1.82, 2.24) is 9.13 Å². The van der Waals surface area contributed by atoms with E-state index in [1.807, 2.05) is 30.4 Å². The van der Waals surface area contributed by atoms with Crippen molar-refractivity contribution in [2.45, 2.75) is 5.41 Å². The zero-order chi connectivity index (χ0) is 43.0. The molecule has 7 aromatic carbocycles. The molecular formula is C61H44N2. The number of nitrogens with zero attached hydrogens (tertiary/aromatic N) is 2. The maximum Gasteiger partial charge on any atom is 0.0726 e. The number of rotatable bonds is 8. The number of allylic oxidation sites excluding steroid dienone is 12. The predicted octanol–water partition coefficient (Wildman–Crippen LogP) is 15.9. The lowest BCUT2D eigenvalue weighted by molar-refractivity contribution is 0.791. The number of aromatic nitrogens is 2. The van der Waals surface area contributed by atoms with E-state index >= 15 is 0 Å². The molecule has 2 heteroatoms. The highest BCUT2D eigenvalue weighted by atomic mass is 15.0. The number of hydrogen-bond acceptors (Lipinski definition) is 0. The van der Waals surface area contributed by atoms with Crippen molar-refractivity contribution >= 4 is 49.2 Å². The molecule has 0 atom stereocenters. The molecule has 0 radical (unpaired) electrons. The van der Waals surface area contributed by atoms with Gasteiger partial charge in [0.2, 0.25) is 0 Å². The van der Waals surface area contributed by atoms with Crippen LogP contribution in [0, 0.1) is 0 Å². The summed E-state index contributed by atoms with van der Waals surface area (Å²) in [5.74, 6) is 0. The molecule has 2 aromatic heterocycles. The first-order valence-corrected chi connectivity index (χ1v) is 21.4. The molecule has 0 amide bonds. The Morgan fingerprint density at radius 2 is 0.968 bits per heavy atom. The first-order chi connectivity index (χ1) is 30.9. The summed E-state index contributed by atoms with van der Waals surface area (Å²) >= 11 is 0. The average molecular weight is 805 g/mol. The Balaban J connectivity index is 1.26. The molecule has 1 spiro atoms. The summed E-state index contributed by atoms with van der Waals surface area (Å²) in [6.07, 6.45) is 13.8. The lowest BCUT2D eigenvalue weighted by Crippen LogP contribution is -2.26. The molecule has 0 aliphatic heterocycles. The Kier molecular flexibility index (Phi) is 8.68. The van der Waals surface area contributed by atoms with Gasteiger partial charge in [-0.1, -0.05) is 173 Å². The lowest BCUT2D eigenvalue weighted by Gasteiger charge is -2.31. The molecule has 0 bridgehead atoms. The molecule has 11 rings (SSSR count). The van der Waals surface area contributed by atoms with E-state index in [0.29, 0.717) is 0 Å². The van der Waals surface area contributed by atoms with Gasteiger partial charge in [0, 0.05) is 32.9 Å². The van der Waals surface area contributed by atoms with E-state index in [2.05, 4.69) is 199 Å². The quantitative estimate of drug-likeness (QED) is 0.135. The van der Waals surface area contributed by atoms with Gasteiger partial charge in [-0.3, -0.25) is 0 Å². The van der Waals surface area contributed by atoms with Crippen LogP contribution in [0.1, 0.15) is 16.7 Å². The van der Waals surface area contributed by atoms with Crippen molar-refractivity contribution in [1.29, 1.82) is 0 Å². The first kappa shape index (κ1) is 37.8. The van der Waals surface area contributed by atoms with Crippen LogP contribution in [0.4, 0.5) is 0 Å². The second-order valence-corrected chi connectivity index (χ2v) is 16.4. The Morgan fingerprint density at radius 3 is 1.51 bits per heavy atom. The second-order valence-electron chi connectivity index (χ2n) is 16.4. The summed E-state index contributed by atoms with van der Waals surface area (Å²) < 4.78 is 4.83. The maximum atomic E-state index is 4.72. The van der Waals surface area contributed by atoms with Gasteiger partial charge in [-0.25, -0.2) is 0 Å². The van der Waals surface area contributed by atoms with Gasteiger partial charge in [0.25, 0.3) is 0 Å². The summed E-state index contributed by atoms with van der Waals surface area (Å²) in [5, 5.41) is 4.78. The van der Waals surface area contributed by atoms with E-state index in [9.17, 15) is 0 Å². The van der Waals surface area contributed by atoms with Crippen molar-refractivity contribution in [2.24, 2.45) is 0 Å². The largest absolute Gasteiger partial charge is 0.309 e. The Morgan fingerprint density at radius 1 is 0.444 bits per heavy atom. The third-order valence-electron chi connectivity index (χ3n) is 13.3. The zero-order valence-electron chi connectivity index (χ0n) is 35.1. The van der Waals surface area contributed by atoms with Gasteiger partial charge in [-0.15, -0.1) is 0 Å². The summed E-state index contributed by atoms with van der Waals surface area (Å²) in [4.78, 5) is 0. The average Bonchev–Trinajstić information content (AvgIpc) is 3.98. The van der Waals surface area contributed by atoms with Crippen molar-refractivity contribution in [3.8, 4) is 33.6 Å². The molecule has 63 heavy (non-hydrogen) atoms. The van der Waals surface area contributed by atoms with Crippen LogP contribution >= 0.6 is 0 Å². The highest BCUT2D eigenvalue weighted by Crippen LogP contribution is 2.65. The highest BCUT2D eigenvalue weighted by Gasteiger charge is 2.54. The van der Waals surface area contributed by atoms with E-state index in [1.165, 1.54) is 54.9 Å². The first-order valence-electron chi connectivity index (χ1n) is 21.4. The van der Waals surface area contributed by atoms with Crippen LogP contribution in [-0.4, -0.2) is 9.13 Å². The van der Waals surface area contributed by atoms with Crippen LogP contribution in [0.25, 0.3) is 82.8 Å². The minimum absolute atomic E-state index is 0.756. The minimum Gasteiger partial charge on any atom is -0.309 e. The second kappa shape index (κ2) is 14.5. The fraction of sp³-hybridized carbons (Fsp3) is 0.0164. The molecule has 0 unspecified atom stereocenters. The van der Waals surface area contributed by atoms with E-state index in [0.717, 1.165) is 66.9 Å². The van der Waals surface area contributed by atoms with Crippen LogP contribution in [0.2, 0.25) is 0 Å². The van der Waals surface area contributed by atoms with E-state index in [-0.39, 0.29) is 0 Å². The molecule has 2 aliphatic carbocycles. The topological polar surface area (TPSA) is 9.86 Å². The van der Waals surface area contributed by atoms with Gasteiger partial charge in [-0.2, -0.15) is 0 Å². The van der Waals surface area contributed by atoms with Gasteiger partial charge in [0.05, 0.1) is 27.5 Å². The van der Waals surface area contributed by atoms with Crippen molar-refractivity contribution in [2.75, 3.05) is 0 Å². The molecule has 298 valence electrons. The van der Waals surface area contributed by atoms with Crippen molar-refractivity contribution < 1.29 is 0 Å². The van der Waals surface area contributed by atoms with Gasteiger partial charge in [0.15, 0.2) is 0 Å². The van der Waals surface area contributed by atoms with Crippen molar-refractivity contribution in [3.05, 3.63) is 273 Å². The molecule has 2 aliphatic rings. The normalized spacial score (nSPS) is 17.1. The van der Waals surface area contributed by atoms with E-state index in [1.54, 1.807) is 0 Å². The monoisotopic (exact) mass is 804 g/mol. The standard InChI is InChI=1S/C61H44N2/c1-7-19-41(10-4)44-24-18-25-46(34-44)63-58-29-17-15-27-48(58)52-36-50-49-35-51-47-26-14-16-28-57(47)62(45-32-30-43(31-33-45)42-22-12-11-13-23-42)59(51)37-55(49)61(56(50)38-60(52)63)53(20-8-2)39(5)40(6)54(61)21-9-3/h7-38H,1-6H2/b41-19+,53-20+,54-21+. The van der Waals surface area contributed by atoms with Gasteiger partial charge < -0.3 is 9.13 Å². The fourth-order valence-electron chi connectivity index (χ4n) is 10.7. The third kappa shape index (κ3) is 5.32. The van der Waals surface area contributed by atoms with E-state index in [4.69, 9.17) is 13.2 Å². The fourth-order valence-corrected chi connectivity index (χ4v) is 10.7. The summed E-state index contributed by atoms with van der Waals surface area (Å²) in [6, 6.07) is 55.4. The molecule has 0 saturated heterocycles. The summed E-state index contributed by atoms with van der Waals surface area (Å²) in [6.45, 7) is 26.0. The minimum atomic E-state index is -0.756. The number of benzene rings is 7. The molecule has 0 N–H and O–H groups in total. The highest BCUT2D eigenvalue weighted by molar-refractivity contribution is 6.15. The Hall–Kier alpha value is -8.20. The van der Waals surface area contributed by atoms with Crippen LogP contribution in [0.5, 0.6) is 0 Å². The number of para-hydroxylation sites is 2. The smallest absolute Gasteiger partial charge is 0.0726 e. The molecule has 2 heterocycles. The van der Waals surface area contributed by atoms with Gasteiger partial charge >= 0.3 is 0 Å². The Labute approximate surface area is 368 Å². The molecule has 1 fully saturated rings. The van der Waals surface area contributed by atoms with Crippen molar-refractivity contribution in [3.63, 3.8) is 0 Å². The molecular weight excluding hydrogens is 761 g/mol. The van der Waals surface area contributed by atoms with Gasteiger partial charge in [-0.05, 0) is 127 Å². The van der Waals surface area contributed by atoms with Gasteiger partial charge in [0.1, 0.15) is 0 Å². The predicted molar refractivity (Wildman–Crippen MR) is 270 cm³/mol. The maximum absolute atomic E-state index is 4.72. The number of hydrogen-bond donors (Lipinski definition) is 0. The Bertz CT molecular complexity index is 3550. The van der Waals surface area contributed by atoms with Crippen LogP contribution in [0.3, 0.4) is 0 Å². The lowest BCUT2D eigenvalue weighted by atomic mass is 9.70. The zero-order valence-corrected chi connectivity index (χ0v) is 35.1.